The summed E-state index contributed by atoms with van der Waals surface area (Å²) in [5, 5.41) is 0. The summed E-state index contributed by atoms with van der Waals surface area (Å²) in [6, 6.07) is 21.4. The average Bonchev–Trinajstić information content (AvgIpc) is 3.58. The third-order valence-corrected chi connectivity index (χ3v) is 8.23. The van der Waals surface area contributed by atoms with E-state index in [1.54, 1.807) is 52.1 Å². The van der Waals surface area contributed by atoms with Crippen molar-refractivity contribution in [2.24, 2.45) is 0 Å². The molecule has 0 aromatic heterocycles. The van der Waals surface area contributed by atoms with E-state index >= 15 is 0 Å². The first-order valence-corrected chi connectivity index (χ1v) is 15.5. The Balaban J connectivity index is 0.000000398. The van der Waals surface area contributed by atoms with Crippen molar-refractivity contribution < 1.29 is 49.0 Å². The van der Waals surface area contributed by atoms with Gasteiger partial charge in [0.15, 0.2) is 0 Å². The fourth-order valence-corrected chi connectivity index (χ4v) is 6.36. The second-order valence-electron chi connectivity index (χ2n) is 11.4. The third kappa shape index (κ3) is 8.81. The molecule has 3 heteroatoms. The van der Waals surface area contributed by atoms with E-state index in [2.05, 4.69) is 52.0 Å². The average molecular weight is 627 g/mol. The first-order valence-electron chi connectivity index (χ1n) is 14.3. The molecule has 0 nitrogen and oxygen atoms in total. The smallest absolute Gasteiger partial charge is 0.0162 e. The molecule has 38 heavy (non-hydrogen) atoms. The van der Waals surface area contributed by atoms with Gasteiger partial charge in [0, 0.05) is 0 Å². The molecule has 0 aliphatic heterocycles. The van der Waals surface area contributed by atoms with Crippen LogP contribution >= 0.6 is 0 Å². The third-order valence-electron chi connectivity index (χ3n) is 8.23. The number of benzene rings is 2. The van der Waals surface area contributed by atoms with Gasteiger partial charge in [0.25, 0.3) is 0 Å². The van der Waals surface area contributed by atoms with Crippen LogP contribution in [-0.4, -0.2) is 3.21 Å². The summed E-state index contributed by atoms with van der Waals surface area (Å²) in [5.41, 5.74) is 12.3. The Morgan fingerprint density at radius 3 is 1.82 bits per heavy atom. The number of rotatable bonds is 2. The topological polar surface area (TPSA) is 0 Å². The van der Waals surface area contributed by atoms with Crippen LogP contribution in [0.5, 0.6) is 0 Å². The van der Waals surface area contributed by atoms with Gasteiger partial charge in [-0.1, -0.05) is 57.6 Å². The largest absolute Gasteiger partial charge is 1.00 e. The zero-order chi connectivity index (χ0) is 25.5. The molecule has 3 aromatic rings. The zero-order valence-corrected chi connectivity index (χ0v) is 27.8. The molecule has 2 fully saturated rings. The SMILES string of the molecule is C[C](C)=[Zr+2].Cc1[c-]c(C2CCCCC2)cc2c1Cc1c(C)cc(C3CCCCC3)cc1-2.[Cl-].[Cl-].c1cc[cH-]c1. The molecule has 2 saturated carbocycles. The van der Waals surface area contributed by atoms with E-state index in [9.17, 15) is 0 Å². The molecule has 204 valence electrons. The number of aryl methyl sites for hydroxylation is 2. The Morgan fingerprint density at radius 2 is 1.29 bits per heavy atom. The molecule has 0 spiro atoms. The fraction of sp³-hybridized carbons (Fsp3) is 0.486. The first-order chi connectivity index (χ1) is 17.4. The van der Waals surface area contributed by atoms with Gasteiger partial charge in [0.05, 0.1) is 0 Å². The van der Waals surface area contributed by atoms with Crippen LogP contribution in [-0.2, 0) is 30.7 Å². The Hall–Kier alpha value is -0.877. The van der Waals surface area contributed by atoms with Crippen LogP contribution in [0.4, 0.5) is 0 Å². The quantitative estimate of drug-likeness (QED) is 0.296. The minimum absolute atomic E-state index is 0. The van der Waals surface area contributed by atoms with Gasteiger partial charge in [-0.25, -0.2) is 12.1 Å². The molecule has 3 aromatic carbocycles. The molecule has 6 rings (SSSR count). The number of fused-ring (bicyclic) bond motifs is 3. The van der Waals surface area contributed by atoms with E-state index in [0.717, 1.165) is 18.3 Å². The van der Waals surface area contributed by atoms with Crippen LogP contribution < -0.4 is 24.8 Å². The summed E-state index contributed by atoms with van der Waals surface area (Å²) < 4.78 is 1.51. The van der Waals surface area contributed by atoms with Crippen molar-refractivity contribution in [3.63, 3.8) is 0 Å². The minimum Gasteiger partial charge on any atom is -1.00 e. The van der Waals surface area contributed by atoms with Crippen LogP contribution in [0, 0.1) is 19.9 Å². The maximum atomic E-state index is 3.81. The van der Waals surface area contributed by atoms with Crippen LogP contribution in [0.1, 0.15) is 123 Å². The predicted molar refractivity (Wildman–Crippen MR) is 153 cm³/mol. The van der Waals surface area contributed by atoms with E-state index in [4.69, 9.17) is 0 Å². The molecule has 0 saturated heterocycles. The van der Waals surface area contributed by atoms with Gasteiger partial charge < -0.3 is 24.8 Å². The summed E-state index contributed by atoms with van der Waals surface area (Å²) >= 11 is 1.55. The van der Waals surface area contributed by atoms with Gasteiger partial charge in [-0.2, -0.15) is 41.5 Å². The molecule has 0 N–H and O–H groups in total. The van der Waals surface area contributed by atoms with Crippen LogP contribution in [0.3, 0.4) is 0 Å². The van der Waals surface area contributed by atoms with E-state index in [1.807, 2.05) is 30.3 Å². The van der Waals surface area contributed by atoms with Crippen molar-refractivity contribution in [2.45, 2.75) is 110 Å². The van der Waals surface area contributed by atoms with Gasteiger partial charge in [-0.3, -0.25) is 0 Å². The summed E-state index contributed by atoms with van der Waals surface area (Å²) in [7, 11) is 0. The van der Waals surface area contributed by atoms with Crippen molar-refractivity contribution in [1.29, 1.82) is 0 Å². The van der Waals surface area contributed by atoms with Crippen molar-refractivity contribution >= 4 is 3.21 Å². The van der Waals surface area contributed by atoms with E-state index in [-0.39, 0.29) is 24.8 Å². The number of hydrogen-bond donors (Lipinski definition) is 0. The molecular formula is C35H44Cl2Zr-2. The molecule has 0 atom stereocenters. The summed E-state index contributed by atoms with van der Waals surface area (Å²) in [6.07, 6.45) is 15.1. The molecule has 3 aliphatic carbocycles. The monoisotopic (exact) mass is 624 g/mol. The van der Waals surface area contributed by atoms with Gasteiger partial charge in [-0.15, -0.1) is 11.1 Å². The number of halogens is 2. The van der Waals surface area contributed by atoms with Crippen molar-refractivity contribution in [3.05, 3.63) is 88.0 Å². The molecule has 0 amide bonds. The van der Waals surface area contributed by atoms with Crippen LogP contribution in [0.25, 0.3) is 11.1 Å². The molecule has 3 aliphatic rings. The molecule has 0 radical (unpaired) electrons. The fourth-order valence-electron chi connectivity index (χ4n) is 6.36. The van der Waals surface area contributed by atoms with Gasteiger partial charge in [-0.05, 0) is 73.1 Å². The molecule has 0 heterocycles. The van der Waals surface area contributed by atoms with Crippen LogP contribution in [0.15, 0.2) is 48.5 Å². The van der Waals surface area contributed by atoms with Crippen molar-refractivity contribution in [2.75, 3.05) is 0 Å². The predicted octanol–water partition coefficient (Wildman–Crippen LogP) is 3.93. The van der Waals surface area contributed by atoms with E-state index in [1.165, 1.54) is 84.1 Å². The maximum absolute atomic E-state index is 3.81. The Kier molecular flexibility index (Phi) is 14.4. The number of hydrogen-bond acceptors (Lipinski definition) is 0. The molecular weight excluding hydrogens is 583 g/mol. The summed E-state index contributed by atoms with van der Waals surface area (Å²) in [5.74, 6) is 1.54. The minimum atomic E-state index is 0. The summed E-state index contributed by atoms with van der Waals surface area (Å²) in [6.45, 7) is 8.89. The Bertz CT molecular complexity index is 1040. The zero-order valence-electron chi connectivity index (χ0n) is 23.8. The van der Waals surface area contributed by atoms with Gasteiger partial charge >= 0.3 is 41.3 Å². The maximum Gasteiger partial charge on any atom is -0.0162 e. The van der Waals surface area contributed by atoms with Gasteiger partial charge in [0.2, 0.25) is 0 Å². The van der Waals surface area contributed by atoms with E-state index < -0.39 is 0 Å². The summed E-state index contributed by atoms with van der Waals surface area (Å²) in [4.78, 5) is 0. The first kappa shape index (κ1) is 33.3. The van der Waals surface area contributed by atoms with E-state index in [0.29, 0.717) is 0 Å². The Morgan fingerprint density at radius 1 is 0.763 bits per heavy atom. The second-order valence-corrected chi connectivity index (χ2v) is 13.9. The Labute approximate surface area is 259 Å². The van der Waals surface area contributed by atoms with Gasteiger partial charge in [0.1, 0.15) is 0 Å². The standard InChI is InChI=1S/C27H33.C5H5.C3H6.2ClH.Zr/c1-18-13-22(20-9-5-3-6-10-20)15-26-24(18)17-25-19(2)14-23(16-27(25)26)21-11-7-4-8-12-21;1-2-4-5-3-1;1-3-2;;;/h13,15-16,20-21H,3-12,17H2,1-2H3;1-5H;1-2H3;2*1H;/q2*-1;;;;+2/p-2. The van der Waals surface area contributed by atoms with Crippen molar-refractivity contribution in [3.8, 4) is 11.1 Å². The molecule has 0 unspecified atom stereocenters. The second kappa shape index (κ2) is 16.4. The van der Waals surface area contributed by atoms with Crippen molar-refractivity contribution in [1.82, 2.24) is 0 Å². The van der Waals surface area contributed by atoms with Crippen LogP contribution in [0.2, 0.25) is 0 Å². The normalized spacial score (nSPS) is 16.4. The molecule has 0 bridgehead atoms.